The van der Waals surface area contributed by atoms with Gasteiger partial charge in [-0.2, -0.15) is 0 Å². The Balaban J connectivity index is 0.00000161. The van der Waals surface area contributed by atoms with Gasteiger partial charge in [0.2, 0.25) is 0 Å². The summed E-state index contributed by atoms with van der Waals surface area (Å²) in [5.74, 6) is 0.968. The first-order chi connectivity index (χ1) is 9.92. The van der Waals surface area contributed by atoms with E-state index < -0.39 is 0 Å². The van der Waals surface area contributed by atoms with Crippen LogP contribution in [-0.2, 0) is 6.42 Å². The van der Waals surface area contributed by atoms with Crippen LogP contribution >= 0.6 is 12.4 Å². The number of aryl methyl sites for hydroxylation is 1. The molecule has 0 aromatic heterocycles. The summed E-state index contributed by atoms with van der Waals surface area (Å²) in [4.78, 5) is 2.80. The van der Waals surface area contributed by atoms with Crippen LogP contribution in [0.2, 0.25) is 0 Å². The maximum Gasteiger partial charge on any atom is 0.00952 e. The Kier molecular flexibility index (Phi) is 7.06. The van der Waals surface area contributed by atoms with Crippen molar-refractivity contribution in [1.29, 1.82) is 0 Å². The van der Waals surface area contributed by atoms with E-state index in [9.17, 15) is 0 Å². The fourth-order valence-corrected chi connectivity index (χ4v) is 4.07. The second kappa shape index (κ2) is 8.80. The summed E-state index contributed by atoms with van der Waals surface area (Å²) in [5.41, 5.74) is 1.52. The van der Waals surface area contributed by atoms with Crippen molar-refractivity contribution in [3.8, 4) is 0 Å². The molecule has 1 heterocycles. The topological polar surface area (TPSA) is 3.24 Å². The molecule has 0 radical (unpaired) electrons. The zero-order valence-electron chi connectivity index (χ0n) is 13.2. The monoisotopic (exact) mass is 307 g/mol. The molecule has 0 spiro atoms. The Morgan fingerprint density at radius 1 is 0.857 bits per heavy atom. The third-order valence-corrected chi connectivity index (χ3v) is 5.42. The van der Waals surface area contributed by atoms with Crippen LogP contribution in [0.5, 0.6) is 0 Å². The molecule has 1 aromatic carbocycles. The average molecular weight is 308 g/mol. The van der Waals surface area contributed by atoms with E-state index in [1.807, 2.05) is 0 Å². The fraction of sp³-hybridized carbons (Fsp3) is 0.684. The first-order valence-electron chi connectivity index (χ1n) is 8.70. The highest BCUT2D eigenvalue weighted by Crippen LogP contribution is 2.28. The minimum absolute atomic E-state index is 0. The summed E-state index contributed by atoms with van der Waals surface area (Å²) in [5, 5.41) is 0. The van der Waals surface area contributed by atoms with Gasteiger partial charge < -0.3 is 4.90 Å². The molecule has 0 bridgehead atoms. The van der Waals surface area contributed by atoms with Crippen LogP contribution < -0.4 is 0 Å². The van der Waals surface area contributed by atoms with Crippen LogP contribution in [0, 0.1) is 5.92 Å². The molecule has 1 aliphatic carbocycles. The van der Waals surface area contributed by atoms with Gasteiger partial charge in [0.05, 0.1) is 0 Å². The Morgan fingerprint density at radius 2 is 1.52 bits per heavy atom. The molecule has 1 aromatic rings. The molecule has 0 N–H and O–H groups in total. The quantitative estimate of drug-likeness (QED) is 0.749. The van der Waals surface area contributed by atoms with Crippen molar-refractivity contribution in [3.05, 3.63) is 35.9 Å². The zero-order valence-corrected chi connectivity index (χ0v) is 14.0. The van der Waals surface area contributed by atoms with E-state index in [-0.39, 0.29) is 12.4 Å². The molecule has 0 unspecified atom stereocenters. The summed E-state index contributed by atoms with van der Waals surface area (Å²) in [6.45, 7) is 2.73. The van der Waals surface area contributed by atoms with Crippen molar-refractivity contribution in [2.75, 3.05) is 13.1 Å². The first-order valence-corrected chi connectivity index (χ1v) is 8.70. The second-order valence-electron chi connectivity index (χ2n) is 6.80. The highest BCUT2D eigenvalue weighted by Gasteiger charge is 2.25. The standard InChI is InChI=1S/C19H29N.ClH/c1-3-7-17(8-4-1)11-12-18-13-15-20(16-14-18)19-9-5-2-6-10-19;/h1,3-4,7-8,18-19H,2,5-6,9-16H2;1H. The molecular weight excluding hydrogens is 278 g/mol. The minimum Gasteiger partial charge on any atom is -0.300 e. The molecule has 0 amide bonds. The van der Waals surface area contributed by atoms with Crippen molar-refractivity contribution < 1.29 is 0 Å². The SMILES string of the molecule is Cl.c1ccc(CCC2CCN(C3CCCCC3)CC2)cc1. The van der Waals surface area contributed by atoms with Crippen LogP contribution in [0.1, 0.15) is 56.9 Å². The van der Waals surface area contributed by atoms with Crippen molar-refractivity contribution in [3.63, 3.8) is 0 Å². The number of halogens is 1. The molecule has 0 atom stereocenters. The Bertz CT molecular complexity index is 378. The van der Waals surface area contributed by atoms with E-state index in [4.69, 9.17) is 0 Å². The van der Waals surface area contributed by atoms with E-state index in [1.54, 1.807) is 0 Å². The molecule has 2 heteroatoms. The van der Waals surface area contributed by atoms with Gasteiger partial charge in [-0.25, -0.2) is 0 Å². The van der Waals surface area contributed by atoms with Gasteiger partial charge in [-0.3, -0.25) is 0 Å². The van der Waals surface area contributed by atoms with Gasteiger partial charge in [-0.05, 0) is 63.1 Å². The molecule has 21 heavy (non-hydrogen) atoms. The normalized spacial score (nSPS) is 21.9. The fourth-order valence-electron chi connectivity index (χ4n) is 4.07. The summed E-state index contributed by atoms with van der Waals surface area (Å²) < 4.78 is 0. The summed E-state index contributed by atoms with van der Waals surface area (Å²) in [7, 11) is 0. The maximum absolute atomic E-state index is 2.80. The third-order valence-electron chi connectivity index (χ3n) is 5.42. The molecule has 2 aliphatic rings. The van der Waals surface area contributed by atoms with Gasteiger partial charge in [0.15, 0.2) is 0 Å². The van der Waals surface area contributed by atoms with Gasteiger partial charge in [-0.15, -0.1) is 12.4 Å². The predicted octanol–water partition coefficient (Wildman–Crippen LogP) is 5.09. The van der Waals surface area contributed by atoms with Crippen LogP contribution in [0.3, 0.4) is 0 Å². The first kappa shape index (κ1) is 16.8. The molecule has 118 valence electrons. The molecule has 3 rings (SSSR count). The average Bonchev–Trinajstić information content (AvgIpc) is 2.55. The lowest BCUT2D eigenvalue weighted by atomic mass is 9.87. The van der Waals surface area contributed by atoms with E-state index >= 15 is 0 Å². The van der Waals surface area contributed by atoms with Crippen molar-refractivity contribution >= 4 is 12.4 Å². The number of hydrogen-bond acceptors (Lipinski definition) is 1. The Morgan fingerprint density at radius 3 is 2.19 bits per heavy atom. The minimum atomic E-state index is 0. The number of hydrogen-bond donors (Lipinski definition) is 0. The van der Waals surface area contributed by atoms with E-state index in [0.29, 0.717) is 0 Å². The summed E-state index contributed by atoms with van der Waals surface area (Å²) in [6, 6.07) is 11.9. The summed E-state index contributed by atoms with van der Waals surface area (Å²) in [6.07, 6.45) is 12.9. The molecule has 2 fully saturated rings. The smallest absolute Gasteiger partial charge is 0.00952 e. The molecule has 1 saturated heterocycles. The van der Waals surface area contributed by atoms with Gasteiger partial charge in [0.1, 0.15) is 0 Å². The van der Waals surface area contributed by atoms with E-state index in [0.717, 1.165) is 12.0 Å². The zero-order chi connectivity index (χ0) is 13.6. The maximum atomic E-state index is 2.80. The second-order valence-corrected chi connectivity index (χ2v) is 6.80. The van der Waals surface area contributed by atoms with Crippen LogP contribution in [0.4, 0.5) is 0 Å². The molecular formula is C19H30ClN. The molecule has 1 saturated carbocycles. The number of rotatable bonds is 4. The Hall–Kier alpha value is -0.530. The van der Waals surface area contributed by atoms with Crippen molar-refractivity contribution in [2.45, 2.75) is 63.8 Å². The number of nitrogens with zero attached hydrogens (tertiary/aromatic N) is 1. The van der Waals surface area contributed by atoms with Gasteiger partial charge >= 0.3 is 0 Å². The largest absolute Gasteiger partial charge is 0.300 e. The van der Waals surface area contributed by atoms with Crippen LogP contribution in [0.25, 0.3) is 0 Å². The number of piperidine rings is 1. The molecule has 1 nitrogen and oxygen atoms in total. The van der Waals surface area contributed by atoms with Crippen LogP contribution in [0.15, 0.2) is 30.3 Å². The van der Waals surface area contributed by atoms with Gasteiger partial charge in [0.25, 0.3) is 0 Å². The lowest BCUT2D eigenvalue weighted by Crippen LogP contribution is -2.42. The number of benzene rings is 1. The predicted molar refractivity (Wildman–Crippen MR) is 93.2 cm³/mol. The summed E-state index contributed by atoms with van der Waals surface area (Å²) >= 11 is 0. The highest BCUT2D eigenvalue weighted by atomic mass is 35.5. The lowest BCUT2D eigenvalue weighted by molar-refractivity contribution is 0.104. The lowest BCUT2D eigenvalue weighted by Gasteiger charge is -2.39. The molecule has 1 aliphatic heterocycles. The van der Waals surface area contributed by atoms with E-state index in [1.165, 1.54) is 76.4 Å². The number of likely N-dealkylation sites (tertiary alicyclic amines) is 1. The van der Waals surface area contributed by atoms with Crippen molar-refractivity contribution in [1.82, 2.24) is 4.90 Å². The van der Waals surface area contributed by atoms with Crippen molar-refractivity contribution in [2.24, 2.45) is 5.92 Å². The highest BCUT2D eigenvalue weighted by molar-refractivity contribution is 5.85. The van der Waals surface area contributed by atoms with E-state index in [2.05, 4.69) is 35.2 Å². The van der Waals surface area contributed by atoms with Gasteiger partial charge in [0, 0.05) is 6.04 Å². The Labute approximate surface area is 136 Å². The van der Waals surface area contributed by atoms with Gasteiger partial charge in [-0.1, -0.05) is 49.6 Å². The van der Waals surface area contributed by atoms with Crippen LogP contribution in [-0.4, -0.2) is 24.0 Å². The third kappa shape index (κ3) is 5.00.